The Kier molecular flexibility index (Phi) is 13.6. The molecule has 4 heteroatoms. The van der Waals surface area contributed by atoms with Crippen LogP contribution in [0.15, 0.2) is 13.2 Å². The molecule has 0 saturated carbocycles. The minimum Gasteiger partial charge on any atom is -0.481 e. The lowest BCUT2D eigenvalue weighted by Crippen LogP contribution is -1.95. The quantitative estimate of drug-likeness (QED) is 0.483. The zero-order chi connectivity index (χ0) is 12.1. The van der Waals surface area contributed by atoms with Crippen molar-refractivity contribution in [2.75, 3.05) is 0 Å². The lowest BCUT2D eigenvalue weighted by molar-refractivity contribution is -0.138. The number of hydrogen-bond donors (Lipinski definition) is 2. The smallest absolute Gasteiger partial charge is 0.303 e. The van der Waals surface area contributed by atoms with Crippen LogP contribution in [0.2, 0.25) is 0 Å². The second-order valence-electron chi connectivity index (χ2n) is 3.06. The van der Waals surface area contributed by atoms with Crippen molar-refractivity contribution in [3.63, 3.8) is 0 Å². The van der Waals surface area contributed by atoms with Crippen LogP contribution in [0.5, 0.6) is 0 Å². The van der Waals surface area contributed by atoms with Gasteiger partial charge in [-0.2, -0.15) is 0 Å². The topological polar surface area (TPSA) is 74.6 Å². The Balaban J connectivity index is 0. The third-order valence-corrected chi connectivity index (χ3v) is 1.78. The van der Waals surface area contributed by atoms with E-state index in [1.807, 2.05) is 0 Å². The maximum atomic E-state index is 10.1. The molecule has 0 unspecified atom stereocenters. The molecule has 4 nitrogen and oxygen atoms in total. The number of carboxylic acid groups (broad SMARTS) is 2. The summed E-state index contributed by atoms with van der Waals surface area (Å²) in [4.78, 5) is 20.2. The predicted molar refractivity (Wildman–Crippen MR) is 58.8 cm³/mol. The van der Waals surface area contributed by atoms with E-state index < -0.39 is 11.9 Å². The minimum atomic E-state index is -0.759. The Morgan fingerprint density at radius 3 is 1.27 bits per heavy atom. The van der Waals surface area contributed by atoms with Gasteiger partial charge < -0.3 is 10.2 Å². The second-order valence-corrected chi connectivity index (χ2v) is 3.06. The van der Waals surface area contributed by atoms with Gasteiger partial charge in [-0.25, -0.2) is 0 Å². The summed E-state index contributed by atoms with van der Waals surface area (Å²) in [6, 6.07) is 0. The minimum absolute atomic E-state index is 0.221. The van der Waals surface area contributed by atoms with Gasteiger partial charge in [-0.1, -0.05) is 19.3 Å². The van der Waals surface area contributed by atoms with E-state index in [9.17, 15) is 9.59 Å². The van der Waals surface area contributed by atoms with Crippen LogP contribution in [0.3, 0.4) is 0 Å². The standard InChI is InChI=1S/C9H16O4.C2H4/c10-8(11)6-4-2-1-3-5-7-9(12)13;1-2/h1-7H2,(H,10,11)(H,12,13);1-2H2. The number of hydrogen-bond acceptors (Lipinski definition) is 2. The molecule has 0 rings (SSSR count). The van der Waals surface area contributed by atoms with Crippen molar-refractivity contribution < 1.29 is 19.8 Å². The molecule has 0 aliphatic rings. The first-order valence-electron chi connectivity index (χ1n) is 5.06. The average molecular weight is 216 g/mol. The molecule has 0 aromatic rings. The SMILES string of the molecule is C=C.O=C(O)CCCCCCCC(=O)O. The fourth-order valence-electron chi connectivity index (χ4n) is 1.08. The summed E-state index contributed by atoms with van der Waals surface area (Å²) in [5.74, 6) is -1.52. The van der Waals surface area contributed by atoms with Crippen molar-refractivity contribution in [2.24, 2.45) is 0 Å². The molecule has 0 radical (unpaired) electrons. The molecule has 15 heavy (non-hydrogen) atoms. The van der Waals surface area contributed by atoms with Gasteiger partial charge >= 0.3 is 11.9 Å². The number of carboxylic acids is 2. The lowest BCUT2D eigenvalue weighted by atomic mass is 10.1. The van der Waals surface area contributed by atoms with E-state index in [-0.39, 0.29) is 12.8 Å². The first kappa shape index (κ1) is 16.1. The predicted octanol–water partition coefficient (Wildman–Crippen LogP) is 2.69. The van der Waals surface area contributed by atoms with E-state index in [2.05, 4.69) is 13.2 Å². The second kappa shape index (κ2) is 12.7. The van der Waals surface area contributed by atoms with E-state index in [1.165, 1.54) is 0 Å². The summed E-state index contributed by atoms with van der Waals surface area (Å²) in [6.07, 6.45) is 4.53. The van der Waals surface area contributed by atoms with Gasteiger partial charge in [0.05, 0.1) is 0 Å². The molecule has 0 amide bonds. The molecule has 2 N–H and O–H groups in total. The summed E-state index contributed by atoms with van der Waals surface area (Å²) in [6.45, 7) is 6.00. The summed E-state index contributed by atoms with van der Waals surface area (Å²) in [7, 11) is 0. The van der Waals surface area contributed by atoms with Crippen molar-refractivity contribution in [3.8, 4) is 0 Å². The van der Waals surface area contributed by atoms with Gasteiger partial charge in [-0.3, -0.25) is 9.59 Å². The molecule has 0 fully saturated rings. The molecule has 0 spiro atoms. The fraction of sp³-hybridized carbons (Fsp3) is 0.636. The van der Waals surface area contributed by atoms with E-state index >= 15 is 0 Å². The molecule has 88 valence electrons. The number of carbonyl (C=O) groups is 2. The van der Waals surface area contributed by atoms with Crippen LogP contribution < -0.4 is 0 Å². The van der Waals surface area contributed by atoms with Crippen molar-refractivity contribution in [1.29, 1.82) is 0 Å². The Morgan fingerprint density at radius 1 is 0.733 bits per heavy atom. The van der Waals surface area contributed by atoms with Crippen LogP contribution in [-0.4, -0.2) is 22.2 Å². The van der Waals surface area contributed by atoms with Gasteiger partial charge in [-0.05, 0) is 12.8 Å². The summed E-state index contributed by atoms with van der Waals surface area (Å²) >= 11 is 0. The van der Waals surface area contributed by atoms with Gasteiger partial charge in [0.1, 0.15) is 0 Å². The van der Waals surface area contributed by atoms with Gasteiger partial charge in [0.25, 0.3) is 0 Å². The van der Waals surface area contributed by atoms with E-state index in [4.69, 9.17) is 10.2 Å². The monoisotopic (exact) mass is 216 g/mol. The fourth-order valence-corrected chi connectivity index (χ4v) is 1.08. The van der Waals surface area contributed by atoms with Crippen LogP contribution in [-0.2, 0) is 9.59 Å². The molecule has 0 aromatic heterocycles. The highest BCUT2D eigenvalue weighted by Gasteiger charge is 1.98. The summed E-state index contributed by atoms with van der Waals surface area (Å²) in [5, 5.41) is 16.6. The largest absolute Gasteiger partial charge is 0.481 e. The van der Waals surface area contributed by atoms with Crippen molar-refractivity contribution in [3.05, 3.63) is 13.2 Å². The van der Waals surface area contributed by atoms with E-state index in [1.54, 1.807) is 0 Å². The van der Waals surface area contributed by atoms with Gasteiger partial charge in [-0.15, -0.1) is 13.2 Å². The van der Waals surface area contributed by atoms with Crippen molar-refractivity contribution in [1.82, 2.24) is 0 Å². The highest BCUT2D eigenvalue weighted by molar-refractivity contribution is 5.66. The summed E-state index contributed by atoms with van der Waals surface area (Å²) < 4.78 is 0. The zero-order valence-electron chi connectivity index (χ0n) is 9.07. The highest BCUT2D eigenvalue weighted by atomic mass is 16.4. The van der Waals surface area contributed by atoms with E-state index in [0.29, 0.717) is 12.8 Å². The molecule has 0 aliphatic heterocycles. The Labute approximate surface area is 90.6 Å². The Morgan fingerprint density at radius 2 is 1.00 bits per heavy atom. The first-order chi connectivity index (χ1) is 7.13. The van der Waals surface area contributed by atoms with Crippen molar-refractivity contribution in [2.45, 2.75) is 44.9 Å². The molecule has 0 bridgehead atoms. The molecule has 0 atom stereocenters. The van der Waals surface area contributed by atoms with Gasteiger partial charge in [0.2, 0.25) is 0 Å². The van der Waals surface area contributed by atoms with Gasteiger partial charge in [0, 0.05) is 12.8 Å². The zero-order valence-corrected chi connectivity index (χ0v) is 9.07. The van der Waals surface area contributed by atoms with Crippen LogP contribution in [0.1, 0.15) is 44.9 Å². The molecular weight excluding hydrogens is 196 g/mol. The van der Waals surface area contributed by atoms with Crippen molar-refractivity contribution >= 4 is 11.9 Å². The van der Waals surface area contributed by atoms with E-state index in [0.717, 1.165) is 19.3 Å². The molecular formula is C11H20O4. The third kappa shape index (κ3) is 19.2. The summed E-state index contributed by atoms with van der Waals surface area (Å²) in [5.41, 5.74) is 0. The molecule has 0 heterocycles. The number of unbranched alkanes of at least 4 members (excludes halogenated alkanes) is 4. The lowest BCUT2D eigenvalue weighted by Gasteiger charge is -1.97. The van der Waals surface area contributed by atoms with Crippen LogP contribution >= 0.6 is 0 Å². The molecule has 0 saturated heterocycles. The Bertz CT molecular complexity index is 159. The number of rotatable bonds is 8. The highest BCUT2D eigenvalue weighted by Crippen LogP contribution is 2.06. The maximum absolute atomic E-state index is 10.1. The maximum Gasteiger partial charge on any atom is 0.303 e. The first-order valence-corrected chi connectivity index (χ1v) is 5.06. The third-order valence-electron chi connectivity index (χ3n) is 1.78. The van der Waals surface area contributed by atoms with Gasteiger partial charge in [0.15, 0.2) is 0 Å². The van der Waals surface area contributed by atoms with Crippen LogP contribution in [0, 0.1) is 0 Å². The average Bonchev–Trinajstić information content (AvgIpc) is 2.18. The molecule has 0 aliphatic carbocycles. The van der Waals surface area contributed by atoms with Crippen LogP contribution in [0.25, 0.3) is 0 Å². The normalized spacial score (nSPS) is 8.80. The number of aliphatic carboxylic acids is 2. The van der Waals surface area contributed by atoms with Crippen LogP contribution in [0.4, 0.5) is 0 Å². The Hall–Kier alpha value is -1.32. The molecule has 0 aromatic carbocycles.